The van der Waals surface area contributed by atoms with Gasteiger partial charge in [0.15, 0.2) is 0 Å². The molecule has 0 saturated heterocycles. The Morgan fingerprint density at radius 1 is 1.15 bits per heavy atom. The van der Waals surface area contributed by atoms with Crippen LogP contribution in [0.4, 0.5) is 16.2 Å². The number of nitrogens with one attached hydrogen (secondary N) is 4. The number of carbonyl (C=O) groups excluding carboxylic acids is 1. The van der Waals surface area contributed by atoms with Gasteiger partial charge < -0.3 is 20.7 Å². The molecule has 5 N–H and O–H groups in total. The van der Waals surface area contributed by atoms with E-state index in [0.717, 1.165) is 42.8 Å². The van der Waals surface area contributed by atoms with Gasteiger partial charge in [-0.05, 0) is 65.7 Å². The quantitative estimate of drug-likeness (QED) is 0.225. The van der Waals surface area contributed by atoms with E-state index in [9.17, 15) is 9.59 Å². The van der Waals surface area contributed by atoms with E-state index >= 15 is 0 Å². The highest BCUT2D eigenvalue weighted by Gasteiger charge is 2.19. The molecule has 0 fully saturated rings. The number of tetrazole rings is 1. The second-order valence-electron chi connectivity index (χ2n) is 9.00. The number of hydrogen-bond acceptors (Lipinski definition) is 7. The molecule has 0 spiro atoms. The Kier molecular flexibility index (Phi) is 7.83. The topological polar surface area (TPSA) is 163 Å². The van der Waals surface area contributed by atoms with E-state index in [0.29, 0.717) is 34.2 Å². The number of carboxylic acid groups (broad SMARTS) is 1. The lowest BCUT2D eigenvalue weighted by atomic mass is 10.1. The number of aromatic nitrogens is 6. The molecule has 2 bridgehead atoms. The number of hydrogen-bond donors (Lipinski definition) is 5. The summed E-state index contributed by atoms with van der Waals surface area (Å²) in [5, 5.41) is 29.7. The zero-order valence-corrected chi connectivity index (χ0v) is 21.5. The zero-order chi connectivity index (χ0) is 27.2. The van der Waals surface area contributed by atoms with Gasteiger partial charge in [0.1, 0.15) is 12.2 Å². The van der Waals surface area contributed by atoms with Crippen molar-refractivity contribution < 1.29 is 14.7 Å². The van der Waals surface area contributed by atoms with Crippen LogP contribution in [0.1, 0.15) is 43.1 Å². The van der Waals surface area contributed by atoms with Crippen LogP contribution in [0.25, 0.3) is 23.0 Å². The summed E-state index contributed by atoms with van der Waals surface area (Å²) in [6.07, 6.45) is 8.66. The summed E-state index contributed by atoms with van der Waals surface area (Å²) in [6.45, 7) is 0.730. The summed E-state index contributed by atoms with van der Waals surface area (Å²) < 4.78 is 1.50. The first-order valence-electron chi connectivity index (χ1n) is 12.4. The highest BCUT2D eigenvalue weighted by Crippen LogP contribution is 2.32. The molecule has 1 atom stereocenters. The highest BCUT2D eigenvalue weighted by atomic mass is 35.5. The maximum atomic E-state index is 13.0. The number of rotatable bonds is 5. The molecule has 2 amide bonds. The standard InChI is InChI=1S/C26H26ClN9O3/c27-17-6-9-23(36-15-30-34-35-36)16(12-17)5-10-24(37)32-20-4-2-1-3-11-28-21-13-18(31-26(38)39)7-8-19(21)22-14-29-25(20)33-22/h5-10,12-15,20,28,31H,1-4,11H2,(H,29,33)(H,32,37)(H,38,39)/t20-/m0/s1. The van der Waals surface area contributed by atoms with Gasteiger partial charge in [-0.1, -0.05) is 24.4 Å². The molecule has 200 valence electrons. The summed E-state index contributed by atoms with van der Waals surface area (Å²) in [4.78, 5) is 32.0. The van der Waals surface area contributed by atoms with Crippen molar-refractivity contribution >= 4 is 41.1 Å². The monoisotopic (exact) mass is 547 g/mol. The molecule has 13 heteroatoms. The van der Waals surface area contributed by atoms with Crippen molar-refractivity contribution in [2.24, 2.45) is 0 Å². The van der Waals surface area contributed by atoms with Crippen molar-refractivity contribution in [3.8, 4) is 16.9 Å². The van der Waals surface area contributed by atoms with E-state index in [1.807, 2.05) is 6.07 Å². The molecule has 12 nitrogen and oxygen atoms in total. The van der Waals surface area contributed by atoms with E-state index in [1.54, 1.807) is 42.6 Å². The van der Waals surface area contributed by atoms with Crippen molar-refractivity contribution in [1.29, 1.82) is 0 Å². The lowest BCUT2D eigenvalue weighted by molar-refractivity contribution is -0.117. The van der Waals surface area contributed by atoms with Crippen LogP contribution in [0.15, 0.2) is 55.0 Å². The van der Waals surface area contributed by atoms with Gasteiger partial charge in [0.25, 0.3) is 0 Å². The van der Waals surface area contributed by atoms with Crippen molar-refractivity contribution in [3.05, 3.63) is 71.4 Å². The first kappa shape index (κ1) is 25.9. The Bertz CT molecular complexity index is 1500. The fraction of sp³-hybridized carbons (Fsp3) is 0.231. The normalized spacial score (nSPS) is 15.5. The molecule has 0 radical (unpaired) electrons. The number of aromatic amines is 1. The predicted octanol–water partition coefficient (Wildman–Crippen LogP) is 4.65. The average molecular weight is 548 g/mol. The Morgan fingerprint density at radius 2 is 2.05 bits per heavy atom. The van der Waals surface area contributed by atoms with Gasteiger partial charge in [0, 0.05) is 40.1 Å². The molecule has 0 unspecified atom stereocenters. The van der Waals surface area contributed by atoms with Crippen LogP contribution in [-0.4, -0.2) is 53.8 Å². The Labute approximate surface area is 228 Å². The fourth-order valence-corrected chi connectivity index (χ4v) is 4.63. The number of anilines is 2. The number of carbonyl (C=O) groups is 2. The number of amides is 2. The summed E-state index contributed by atoms with van der Waals surface area (Å²) in [6, 6.07) is 10.2. The fourth-order valence-electron chi connectivity index (χ4n) is 4.45. The molecule has 4 aromatic rings. The smallest absolute Gasteiger partial charge is 0.409 e. The Morgan fingerprint density at radius 3 is 2.87 bits per heavy atom. The summed E-state index contributed by atoms with van der Waals surface area (Å²) in [5.74, 6) is 0.363. The summed E-state index contributed by atoms with van der Waals surface area (Å²) in [5.41, 5.74) is 4.25. The second-order valence-corrected chi connectivity index (χ2v) is 9.44. The first-order valence-corrected chi connectivity index (χ1v) is 12.8. The highest BCUT2D eigenvalue weighted by molar-refractivity contribution is 6.30. The molecule has 0 saturated carbocycles. The van der Waals surface area contributed by atoms with Gasteiger partial charge in [-0.3, -0.25) is 10.1 Å². The minimum Gasteiger partial charge on any atom is -0.465 e. The van der Waals surface area contributed by atoms with E-state index in [2.05, 4.69) is 41.4 Å². The maximum absolute atomic E-state index is 13.0. The zero-order valence-electron chi connectivity index (χ0n) is 20.8. The third-order valence-corrected chi connectivity index (χ3v) is 6.52. The van der Waals surface area contributed by atoms with E-state index in [4.69, 9.17) is 16.7 Å². The van der Waals surface area contributed by atoms with E-state index in [-0.39, 0.29) is 11.9 Å². The number of imidazole rings is 1. The van der Waals surface area contributed by atoms with Gasteiger partial charge in [-0.25, -0.2) is 9.78 Å². The van der Waals surface area contributed by atoms with Gasteiger partial charge in [-0.15, -0.1) is 5.10 Å². The van der Waals surface area contributed by atoms with E-state index in [1.165, 1.54) is 17.1 Å². The Hall–Kier alpha value is -4.71. The van der Waals surface area contributed by atoms with Crippen LogP contribution in [-0.2, 0) is 4.79 Å². The van der Waals surface area contributed by atoms with Crippen LogP contribution >= 0.6 is 11.6 Å². The van der Waals surface area contributed by atoms with Crippen LogP contribution < -0.4 is 16.0 Å². The molecular weight excluding hydrogens is 522 g/mol. The first-order chi connectivity index (χ1) is 19.0. The van der Waals surface area contributed by atoms with Gasteiger partial charge in [0.05, 0.1) is 23.6 Å². The molecule has 0 aliphatic carbocycles. The maximum Gasteiger partial charge on any atom is 0.409 e. The van der Waals surface area contributed by atoms with Crippen LogP contribution in [0.3, 0.4) is 0 Å². The molecule has 5 rings (SSSR count). The minimum absolute atomic E-state index is 0.279. The van der Waals surface area contributed by atoms with Crippen molar-refractivity contribution in [2.75, 3.05) is 17.2 Å². The molecule has 1 aliphatic rings. The minimum atomic E-state index is -1.12. The van der Waals surface area contributed by atoms with Crippen LogP contribution in [0.2, 0.25) is 5.02 Å². The SMILES string of the molecule is O=C(O)Nc1ccc2c(c1)NCCCCC[C@H](NC(=O)C=Cc1cc(Cl)ccc1-n1cnnn1)c1ncc-2[nH]1. The second kappa shape index (κ2) is 11.8. The summed E-state index contributed by atoms with van der Waals surface area (Å²) >= 11 is 6.19. The molecule has 2 aromatic heterocycles. The Balaban J connectivity index is 1.37. The van der Waals surface area contributed by atoms with Crippen LogP contribution in [0.5, 0.6) is 0 Å². The van der Waals surface area contributed by atoms with Gasteiger partial charge >= 0.3 is 6.09 Å². The molecule has 39 heavy (non-hydrogen) atoms. The molecular formula is C26H26ClN9O3. The number of nitrogens with zero attached hydrogens (tertiary/aromatic N) is 5. The van der Waals surface area contributed by atoms with Gasteiger partial charge in [0.2, 0.25) is 5.91 Å². The number of fused-ring (bicyclic) bond motifs is 4. The van der Waals surface area contributed by atoms with Crippen LogP contribution in [0, 0.1) is 0 Å². The lowest BCUT2D eigenvalue weighted by Gasteiger charge is -2.18. The van der Waals surface area contributed by atoms with Crippen molar-refractivity contribution in [1.82, 2.24) is 35.5 Å². The lowest BCUT2D eigenvalue weighted by Crippen LogP contribution is -2.27. The number of H-pyrrole nitrogens is 1. The number of halogens is 1. The van der Waals surface area contributed by atoms with Crippen molar-refractivity contribution in [3.63, 3.8) is 0 Å². The molecule has 1 aliphatic heterocycles. The van der Waals surface area contributed by atoms with E-state index < -0.39 is 6.09 Å². The van der Waals surface area contributed by atoms with Crippen molar-refractivity contribution in [2.45, 2.75) is 31.7 Å². The average Bonchev–Trinajstić information content (AvgIpc) is 3.61. The molecule has 3 heterocycles. The third kappa shape index (κ3) is 6.41. The van der Waals surface area contributed by atoms with Gasteiger partial charge in [-0.2, -0.15) is 4.68 Å². The third-order valence-electron chi connectivity index (χ3n) is 6.29. The largest absolute Gasteiger partial charge is 0.465 e. The molecule has 2 aromatic carbocycles. The summed E-state index contributed by atoms with van der Waals surface area (Å²) in [7, 11) is 0. The number of benzene rings is 2. The predicted molar refractivity (Wildman–Crippen MR) is 147 cm³/mol.